The van der Waals surface area contributed by atoms with Gasteiger partial charge in [-0.25, -0.2) is 4.79 Å². The Morgan fingerprint density at radius 1 is 1.05 bits per heavy atom. The average Bonchev–Trinajstić information content (AvgIpc) is 3.97. The van der Waals surface area contributed by atoms with Crippen molar-refractivity contribution in [2.45, 2.75) is 151 Å². The van der Waals surface area contributed by atoms with E-state index in [1.807, 2.05) is 40.9 Å². The first-order chi connectivity index (χ1) is 28.4. The molecule has 0 saturated carbocycles. The van der Waals surface area contributed by atoms with Gasteiger partial charge in [-0.3, -0.25) is 14.4 Å². The second-order valence-electron chi connectivity index (χ2n) is 18.9. The van der Waals surface area contributed by atoms with E-state index in [9.17, 15) is 24.4 Å². The highest BCUT2D eigenvalue weighted by molar-refractivity contribution is 8.00. The molecule has 59 heavy (non-hydrogen) atoms. The summed E-state index contributed by atoms with van der Waals surface area (Å²) in [7, 11) is 0. The topological polar surface area (TPSA) is 152 Å². The predicted octanol–water partition coefficient (Wildman–Crippen LogP) is 7.07. The molecule has 3 N–H and O–H groups in total. The number of fused-ring (bicyclic) bond motifs is 7. The van der Waals surface area contributed by atoms with E-state index in [1.54, 1.807) is 0 Å². The predicted molar refractivity (Wildman–Crippen MR) is 228 cm³/mol. The molecule has 1 aromatic rings. The van der Waals surface area contributed by atoms with Crippen molar-refractivity contribution in [3.63, 3.8) is 0 Å². The molecule has 8 aliphatic heterocycles. The number of allylic oxidation sites excluding steroid dienone is 2. The van der Waals surface area contributed by atoms with Crippen LogP contribution in [0.1, 0.15) is 128 Å². The van der Waals surface area contributed by atoms with Gasteiger partial charge in [0.2, 0.25) is 17.3 Å². The van der Waals surface area contributed by atoms with Crippen LogP contribution in [-0.4, -0.2) is 92.1 Å². The Bertz CT molecular complexity index is 2060. The lowest BCUT2D eigenvalue weighted by atomic mass is 9.51. The summed E-state index contributed by atoms with van der Waals surface area (Å²) in [4.78, 5) is 53.2. The summed E-state index contributed by atoms with van der Waals surface area (Å²) in [5.74, 6) is 1.21. The number of hydrogen-bond acceptors (Lipinski definition) is 8. The fourth-order valence-corrected chi connectivity index (χ4v) is 13.0. The minimum Gasteiger partial charge on any atom is -0.618 e. The Hall–Kier alpha value is -4.26. The van der Waals surface area contributed by atoms with Gasteiger partial charge in [-0.1, -0.05) is 44.3 Å². The molecule has 13 heteroatoms. The second-order valence-corrected chi connectivity index (χ2v) is 20.2. The number of piperazine rings is 1. The molecule has 12 nitrogen and oxygen atoms in total. The number of urea groups is 1. The van der Waals surface area contributed by atoms with Gasteiger partial charge < -0.3 is 35.5 Å². The minimum atomic E-state index is -1.16. The average molecular weight is 826 g/mol. The third-order valence-electron chi connectivity index (χ3n) is 14.6. The molecule has 2 spiro atoms. The third-order valence-corrected chi connectivity index (χ3v) is 16.1. The fourth-order valence-electron chi connectivity index (χ4n) is 11.5. The van der Waals surface area contributed by atoms with Crippen LogP contribution in [0, 0.1) is 16.5 Å². The highest BCUT2D eigenvalue weighted by Gasteiger charge is 2.74. The van der Waals surface area contributed by atoms with E-state index in [2.05, 4.69) is 54.9 Å². The van der Waals surface area contributed by atoms with E-state index < -0.39 is 22.1 Å². The van der Waals surface area contributed by atoms with Gasteiger partial charge in [-0.15, -0.1) is 0 Å². The molecule has 6 saturated heterocycles. The van der Waals surface area contributed by atoms with Crippen LogP contribution < -0.4 is 20.7 Å². The highest BCUT2D eigenvalue weighted by Crippen LogP contribution is 2.61. The van der Waals surface area contributed by atoms with Crippen LogP contribution in [0.15, 0.2) is 36.4 Å². The van der Waals surface area contributed by atoms with Gasteiger partial charge in [-0.2, -0.15) is 16.5 Å². The Balaban J connectivity index is 0.699. The van der Waals surface area contributed by atoms with E-state index in [-0.39, 0.29) is 41.8 Å². The number of nitrogens with one attached hydrogen (secondary N) is 3. The standard InChI is InChI=1S/C46H59N5O7S/c1-43(2)35-27-45-22-15-24-50(45)41(54)46(35,49-40(45)53)26-31-29-18-19-33-30(38(29)51(56)39(31)43)20-23-44(3,58-33)21-13-9-7-5-4-6-8-10-14-25-57-36(52)17-12-11-16-34-37-32(28-59-34)47-42(55)48-37/h9,13,18-20,23,26,32,34-35,37H,4-8,10-12,14-17,21-22,24-25,27-28H2,1-3H3,(H,49,53)(H2,47,48,55)/b13-9+/t32-,34-,35?,37-,44-,45?,46-/m0/s1. The summed E-state index contributed by atoms with van der Waals surface area (Å²) < 4.78 is 13.1. The SMILES string of the molecule is CC1(C)C2=[N+]([O-])c3c(ccc4c3C=C[C@](C)(C/C=C/CCCCCCCCOC(=O)CCCC[C@@H]3SC[C@@H]5NC(=O)N[C@@H]53)O4)C2=C[C@@]23NC(=O)C4(CCCN4C2=O)CC13. The molecule has 9 aliphatic rings. The Kier molecular flexibility index (Phi) is 10.4. The molecule has 2 unspecified atom stereocenters. The van der Waals surface area contributed by atoms with E-state index in [0.717, 1.165) is 91.4 Å². The van der Waals surface area contributed by atoms with Crippen molar-refractivity contribution in [3.05, 3.63) is 52.8 Å². The monoisotopic (exact) mass is 825 g/mol. The van der Waals surface area contributed by atoms with Crippen molar-refractivity contribution in [1.29, 1.82) is 0 Å². The van der Waals surface area contributed by atoms with Crippen molar-refractivity contribution in [1.82, 2.24) is 20.9 Å². The zero-order valence-corrected chi connectivity index (χ0v) is 35.6. The smallest absolute Gasteiger partial charge is 0.315 e. The fraction of sp³-hybridized carbons (Fsp3) is 0.630. The number of unbranched alkanes of at least 4 members (excludes halogenated alkanes) is 7. The summed E-state index contributed by atoms with van der Waals surface area (Å²) in [6, 6.07) is 4.29. The van der Waals surface area contributed by atoms with Crippen LogP contribution in [0.3, 0.4) is 0 Å². The molecule has 7 atom stereocenters. The highest BCUT2D eigenvalue weighted by atomic mass is 32.2. The van der Waals surface area contributed by atoms with Crippen LogP contribution in [0.4, 0.5) is 10.5 Å². The zero-order chi connectivity index (χ0) is 41.2. The number of esters is 1. The maximum Gasteiger partial charge on any atom is 0.315 e. The first kappa shape index (κ1) is 40.2. The summed E-state index contributed by atoms with van der Waals surface area (Å²) in [6.45, 7) is 7.29. The van der Waals surface area contributed by atoms with Crippen molar-refractivity contribution >= 4 is 58.6 Å². The Labute approximate surface area is 351 Å². The molecular weight excluding hydrogens is 767 g/mol. The molecule has 316 valence electrons. The van der Waals surface area contributed by atoms with E-state index in [1.165, 1.54) is 6.42 Å². The van der Waals surface area contributed by atoms with Crippen molar-refractivity contribution in [3.8, 4) is 5.75 Å². The van der Waals surface area contributed by atoms with Crippen molar-refractivity contribution in [2.75, 3.05) is 18.9 Å². The molecular formula is C46H59N5O7S. The minimum absolute atomic E-state index is 0.0372. The number of nitrogens with zero attached hydrogens (tertiary/aromatic N) is 2. The normalized spacial score (nSPS) is 32.8. The lowest BCUT2D eigenvalue weighted by Gasteiger charge is -2.62. The number of rotatable bonds is 16. The van der Waals surface area contributed by atoms with Gasteiger partial charge in [0.05, 0.1) is 40.8 Å². The molecule has 1 aliphatic carbocycles. The summed E-state index contributed by atoms with van der Waals surface area (Å²) in [6.07, 6.45) is 24.0. The van der Waals surface area contributed by atoms with Crippen LogP contribution in [0.2, 0.25) is 0 Å². The van der Waals surface area contributed by atoms with Gasteiger partial charge >= 0.3 is 12.0 Å². The van der Waals surface area contributed by atoms with E-state index in [0.29, 0.717) is 61.2 Å². The maximum absolute atomic E-state index is 14.4. The molecule has 0 aromatic heterocycles. The third kappa shape index (κ3) is 6.77. The molecule has 6 fully saturated rings. The largest absolute Gasteiger partial charge is 0.618 e. The maximum atomic E-state index is 14.4. The van der Waals surface area contributed by atoms with E-state index in [4.69, 9.17) is 9.47 Å². The van der Waals surface area contributed by atoms with Crippen LogP contribution in [0.5, 0.6) is 5.75 Å². The van der Waals surface area contributed by atoms with E-state index >= 15 is 0 Å². The summed E-state index contributed by atoms with van der Waals surface area (Å²) >= 11 is 1.91. The number of amides is 4. The number of ether oxygens (including phenoxy) is 2. The molecule has 8 heterocycles. The second kappa shape index (κ2) is 15.3. The number of piperidine rings is 2. The number of thioether (sulfide) groups is 1. The number of carbonyl (C=O) groups excluding carboxylic acids is 4. The first-order valence-corrected chi connectivity index (χ1v) is 23.2. The van der Waals surface area contributed by atoms with Crippen molar-refractivity contribution in [2.24, 2.45) is 11.3 Å². The summed E-state index contributed by atoms with van der Waals surface area (Å²) in [5, 5.41) is 24.0. The number of carbonyl (C=O) groups is 4. The zero-order valence-electron chi connectivity index (χ0n) is 34.7. The van der Waals surface area contributed by atoms with Crippen molar-refractivity contribution < 1.29 is 33.4 Å². The molecule has 10 rings (SSSR count). The number of hydrogen-bond donors (Lipinski definition) is 3. The Morgan fingerprint density at radius 2 is 1.86 bits per heavy atom. The molecule has 0 radical (unpaired) electrons. The van der Waals surface area contributed by atoms with Crippen LogP contribution in [-0.2, 0) is 19.1 Å². The summed E-state index contributed by atoms with van der Waals surface area (Å²) in [5.41, 5.74) is 0.301. The van der Waals surface area contributed by atoms with Crippen LogP contribution in [0.25, 0.3) is 11.6 Å². The molecule has 2 bridgehead atoms. The van der Waals surface area contributed by atoms with Gasteiger partial charge in [0, 0.05) is 36.3 Å². The van der Waals surface area contributed by atoms with Gasteiger partial charge in [-0.05, 0) is 102 Å². The lowest BCUT2D eigenvalue weighted by Crippen LogP contribution is -2.83. The van der Waals surface area contributed by atoms with Gasteiger partial charge in [0.15, 0.2) is 0 Å². The lowest BCUT2D eigenvalue weighted by molar-refractivity contribution is -0.362. The van der Waals surface area contributed by atoms with Gasteiger partial charge in [0.1, 0.15) is 22.4 Å². The quantitative estimate of drug-likeness (QED) is 0.0400. The van der Waals surface area contributed by atoms with Gasteiger partial charge in [0.25, 0.3) is 5.91 Å². The number of benzene rings is 1. The molecule has 1 aromatic carbocycles. The Morgan fingerprint density at radius 3 is 2.71 bits per heavy atom. The van der Waals surface area contributed by atoms with Crippen LogP contribution >= 0.6 is 11.8 Å². The molecule has 4 amide bonds. The first-order valence-electron chi connectivity index (χ1n) is 22.1.